The van der Waals surface area contributed by atoms with Crippen molar-refractivity contribution in [1.29, 1.82) is 0 Å². The lowest BCUT2D eigenvalue weighted by atomic mass is 9.95. The summed E-state index contributed by atoms with van der Waals surface area (Å²) in [7, 11) is 1.81. The van der Waals surface area contributed by atoms with Gasteiger partial charge in [-0.1, -0.05) is 18.2 Å². The highest BCUT2D eigenvalue weighted by Crippen LogP contribution is 2.47. The van der Waals surface area contributed by atoms with Crippen LogP contribution in [0.5, 0.6) is 0 Å². The smallest absolute Gasteiger partial charge is 0.259 e. The number of thiophene rings is 1. The summed E-state index contributed by atoms with van der Waals surface area (Å²) in [6, 6.07) is 10.7. The molecular weight excluding hydrogens is 399 g/mol. The lowest BCUT2D eigenvalue weighted by Gasteiger charge is -2.05. The first-order chi connectivity index (χ1) is 14.5. The summed E-state index contributed by atoms with van der Waals surface area (Å²) < 4.78 is 16.7. The van der Waals surface area contributed by atoms with Crippen LogP contribution in [0.4, 0.5) is 4.39 Å². The fourth-order valence-electron chi connectivity index (χ4n) is 4.51. The molecule has 6 heteroatoms. The highest BCUT2D eigenvalue weighted by atomic mass is 32.1. The van der Waals surface area contributed by atoms with E-state index in [9.17, 15) is 14.0 Å². The van der Waals surface area contributed by atoms with E-state index in [0.29, 0.717) is 28.1 Å². The maximum atomic E-state index is 13.8. The summed E-state index contributed by atoms with van der Waals surface area (Å²) >= 11 is 1.63. The van der Waals surface area contributed by atoms with Crippen LogP contribution < -0.4 is 5.32 Å². The summed E-state index contributed by atoms with van der Waals surface area (Å²) in [6.45, 7) is 0. The second-order valence-corrected chi connectivity index (χ2v) is 8.88. The molecule has 2 amide bonds. The second-order valence-electron chi connectivity index (χ2n) is 8.00. The van der Waals surface area contributed by atoms with Crippen LogP contribution in [0.2, 0.25) is 0 Å². The zero-order valence-electron chi connectivity index (χ0n) is 16.2. The molecule has 1 aliphatic carbocycles. The number of hydrogen-bond donors (Lipinski definition) is 1. The first kappa shape index (κ1) is 17.6. The molecule has 6 rings (SSSR count). The number of amides is 2. The minimum absolute atomic E-state index is 0.340. The van der Waals surface area contributed by atoms with E-state index in [1.54, 1.807) is 28.2 Å². The van der Waals surface area contributed by atoms with Gasteiger partial charge in [0.15, 0.2) is 0 Å². The number of aromatic nitrogens is 1. The normalized spacial score (nSPS) is 16.9. The van der Waals surface area contributed by atoms with E-state index in [1.165, 1.54) is 35.2 Å². The van der Waals surface area contributed by atoms with Gasteiger partial charge in [-0.3, -0.25) is 14.9 Å². The average molecular weight is 416 g/mol. The summed E-state index contributed by atoms with van der Waals surface area (Å²) in [5.41, 5.74) is 4.19. The molecule has 30 heavy (non-hydrogen) atoms. The Hall–Kier alpha value is -3.25. The number of nitrogens with zero attached hydrogens (tertiary/aromatic N) is 1. The molecule has 0 unspecified atom stereocenters. The van der Waals surface area contributed by atoms with Crippen LogP contribution in [0, 0.1) is 5.82 Å². The quantitative estimate of drug-likeness (QED) is 0.479. The van der Waals surface area contributed by atoms with Gasteiger partial charge in [0.25, 0.3) is 11.8 Å². The first-order valence-electron chi connectivity index (χ1n) is 9.88. The van der Waals surface area contributed by atoms with Crippen molar-refractivity contribution in [3.05, 3.63) is 70.5 Å². The Labute approximate surface area is 175 Å². The number of fused-ring (bicyclic) bond motifs is 2. The molecule has 4 aromatic rings. The highest BCUT2D eigenvalue weighted by Gasteiger charge is 2.35. The van der Waals surface area contributed by atoms with E-state index in [4.69, 9.17) is 0 Å². The van der Waals surface area contributed by atoms with Gasteiger partial charge < -0.3 is 4.57 Å². The standard InChI is InChI=1S/C24H17FN2O2S/c1-27-10-17(15-8-7-13(25)9-19(15)27)20-21(24(29)26-23(20)28)18-11-30-22-14(12-5-6-12)3-2-4-16(18)22/h2-4,7-12H,5-6H2,1H3,(H,26,28,29). The van der Waals surface area contributed by atoms with Crippen LogP contribution in [-0.2, 0) is 16.6 Å². The third-order valence-corrected chi connectivity index (χ3v) is 7.11. The number of nitrogens with one attached hydrogen (secondary N) is 1. The van der Waals surface area contributed by atoms with Crippen molar-refractivity contribution >= 4 is 55.3 Å². The Morgan fingerprint density at radius 2 is 1.80 bits per heavy atom. The number of carbonyl (C=O) groups excluding carboxylic acids is 2. The summed E-state index contributed by atoms with van der Waals surface area (Å²) in [6.07, 6.45) is 4.19. The molecule has 1 aliphatic heterocycles. The van der Waals surface area contributed by atoms with Crippen molar-refractivity contribution in [1.82, 2.24) is 9.88 Å². The minimum atomic E-state index is -0.412. The van der Waals surface area contributed by atoms with E-state index < -0.39 is 5.91 Å². The van der Waals surface area contributed by atoms with Gasteiger partial charge in [-0.25, -0.2) is 4.39 Å². The number of benzene rings is 2. The van der Waals surface area contributed by atoms with Crippen molar-refractivity contribution in [2.24, 2.45) is 7.05 Å². The highest BCUT2D eigenvalue weighted by molar-refractivity contribution is 7.17. The number of hydrogen-bond acceptors (Lipinski definition) is 3. The van der Waals surface area contributed by atoms with Gasteiger partial charge in [0.05, 0.1) is 16.7 Å². The number of imide groups is 1. The van der Waals surface area contributed by atoms with Crippen molar-refractivity contribution < 1.29 is 14.0 Å². The predicted octanol–water partition coefficient (Wildman–Crippen LogP) is 4.98. The molecule has 2 aromatic heterocycles. The number of rotatable bonds is 3. The summed E-state index contributed by atoms with van der Waals surface area (Å²) in [5.74, 6) is -0.538. The van der Waals surface area contributed by atoms with Crippen LogP contribution >= 0.6 is 11.3 Å². The van der Waals surface area contributed by atoms with E-state index in [1.807, 2.05) is 24.6 Å². The van der Waals surface area contributed by atoms with E-state index in [0.717, 1.165) is 16.3 Å². The fraction of sp³-hybridized carbons (Fsp3) is 0.167. The molecule has 0 spiro atoms. The maximum Gasteiger partial charge on any atom is 0.259 e. The van der Waals surface area contributed by atoms with Gasteiger partial charge in [-0.2, -0.15) is 0 Å². The van der Waals surface area contributed by atoms with Crippen LogP contribution in [0.3, 0.4) is 0 Å². The van der Waals surface area contributed by atoms with Crippen molar-refractivity contribution in [3.8, 4) is 0 Å². The summed E-state index contributed by atoms with van der Waals surface area (Å²) in [5, 5.41) is 6.21. The second kappa shape index (κ2) is 6.12. The lowest BCUT2D eigenvalue weighted by molar-refractivity contribution is -0.122. The molecule has 3 heterocycles. The van der Waals surface area contributed by atoms with Crippen molar-refractivity contribution in [2.75, 3.05) is 0 Å². The molecule has 0 bridgehead atoms. The average Bonchev–Trinajstić information content (AvgIpc) is 3.32. The predicted molar refractivity (Wildman–Crippen MR) is 117 cm³/mol. The number of halogens is 1. The topological polar surface area (TPSA) is 51.1 Å². The van der Waals surface area contributed by atoms with Crippen molar-refractivity contribution in [3.63, 3.8) is 0 Å². The Kier molecular flexibility index (Phi) is 3.59. The Morgan fingerprint density at radius 1 is 1.03 bits per heavy atom. The Bertz CT molecular complexity index is 1440. The molecule has 4 nitrogen and oxygen atoms in total. The van der Waals surface area contributed by atoms with E-state index in [-0.39, 0.29) is 11.7 Å². The van der Waals surface area contributed by atoms with Crippen LogP contribution in [-0.4, -0.2) is 16.4 Å². The molecule has 0 saturated heterocycles. The van der Waals surface area contributed by atoms with Gasteiger partial charge in [0, 0.05) is 45.2 Å². The molecule has 1 N–H and O–H groups in total. The third-order valence-electron chi connectivity index (χ3n) is 6.07. The van der Waals surface area contributed by atoms with Gasteiger partial charge in [-0.05, 0) is 42.5 Å². The Morgan fingerprint density at radius 3 is 2.57 bits per heavy atom. The van der Waals surface area contributed by atoms with E-state index >= 15 is 0 Å². The Balaban J connectivity index is 1.64. The van der Waals surface area contributed by atoms with Crippen molar-refractivity contribution in [2.45, 2.75) is 18.8 Å². The van der Waals surface area contributed by atoms with Gasteiger partial charge in [-0.15, -0.1) is 11.3 Å². The maximum absolute atomic E-state index is 13.8. The fourth-order valence-corrected chi connectivity index (χ4v) is 5.67. The number of carbonyl (C=O) groups is 2. The van der Waals surface area contributed by atoms with Crippen LogP contribution in [0.25, 0.3) is 32.1 Å². The van der Waals surface area contributed by atoms with E-state index in [2.05, 4.69) is 11.4 Å². The van der Waals surface area contributed by atoms with Gasteiger partial charge in [0.2, 0.25) is 0 Å². The molecule has 1 fully saturated rings. The lowest BCUT2D eigenvalue weighted by Crippen LogP contribution is -2.22. The zero-order valence-corrected chi connectivity index (χ0v) is 17.0. The van der Waals surface area contributed by atoms with Gasteiger partial charge >= 0.3 is 0 Å². The molecular formula is C24H17FN2O2S. The molecule has 0 atom stereocenters. The molecule has 2 aromatic carbocycles. The van der Waals surface area contributed by atoms with Crippen LogP contribution in [0.15, 0.2) is 48.0 Å². The van der Waals surface area contributed by atoms with Crippen LogP contribution in [0.1, 0.15) is 35.4 Å². The molecule has 2 aliphatic rings. The monoisotopic (exact) mass is 416 g/mol. The third kappa shape index (κ3) is 2.43. The van der Waals surface area contributed by atoms with Gasteiger partial charge in [0.1, 0.15) is 5.82 Å². The molecule has 148 valence electrons. The molecule has 1 saturated carbocycles. The zero-order chi connectivity index (χ0) is 20.6. The molecule has 0 radical (unpaired) electrons. The largest absolute Gasteiger partial charge is 0.350 e. The SMILES string of the molecule is Cn1cc(C2=C(c3csc4c(C5CC5)cccc34)C(=O)NC2=O)c2ccc(F)cc21. The first-order valence-corrected chi connectivity index (χ1v) is 10.8. The summed E-state index contributed by atoms with van der Waals surface area (Å²) in [4.78, 5) is 25.7. The number of aryl methyl sites for hydroxylation is 1. The minimum Gasteiger partial charge on any atom is -0.350 e.